The Morgan fingerprint density at radius 1 is 0.633 bits per heavy atom. The number of esters is 2. The number of nitrogens with one attached hydrogen (secondary N) is 2. The third kappa shape index (κ3) is 5.33. The second-order valence-electron chi connectivity index (χ2n) is 15.1. The van der Waals surface area contributed by atoms with Crippen LogP contribution in [-0.2, 0) is 22.3 Å². The summed E-state index contributed by atoms with van der Waals surface area (Å²) in [5.41, 5.74) is 11.2. The number of aryl methyl sites for hydroxylation is 1. The highest BCUT2D eigenvalue weighted by atomic mass is 16.7. The molecule has 0 fully saturated rings. The van der Waals surface area contributed by atoms with Gasteiger partial charge in [0.15, 0.2) is 34.4 Å². The third-order valence-electron chi connectivity index (χ3n) is 12.0. The van der Waals surface area contributed by atoms with Crippen LogP contribution >= 0.6 is 0 Å². The Labute approximate surface area is 342 Å². The molecule has 0 saturated carbocycles. The van der Waals surface area contributed by atoms with Crippen LogP contribution < -0.4 is 18.9 Å². The number of nitrogens with zero attached hydrogens (tertiary/aromatic N) is 4. The quantitative estimate of drug-likeness (QED) is 0.171. The Hall–Kier alpha value is -7.48. The molecule has 14 nitrogen and oxygen atoms in total. The minimum Gasteiger partial charge on any atom is -0.464 e. The van der Waals surface area contributed by atoms with Crippen LogP contribution in [0.1, 0.15) is 89.7 Å². The topological polar surface area (TPSA) is 157 Å². The van der Waals surface area contributed by atoms with Crippen LogP contribution in [0, 0.1) is 13.8 Å². The van der Waals surface area contributed by atoms with Gasteiger partial charge in [0.05, 0.1) is 25.6 Å². The van der Waals surface area contributed by atoms with Crippen LogP contribution in [0.3, 0.4) is 0 Å². The van der Waals surface area contributed by atoms with E-state index in [-0.39, 0.29) is 25.7 Å². The van der Waals surface area contributed by atoms with E-state index in [0.717, 1.165) is 85.0 Å². The lowest BCUT2D eigenvalue weighted by molar-refractivity contribution is 0.0584. The number of H-pyrrole nitrogens is 2. The van der Waals surface area contributed by atoms with E-state index in [2.05, 4.69) is 53.3 Å². The number of hydrogen-bond donors (Lipinski definition) is 2. The predicted octanol–water partition coefficient (Wildman–Crippen LogP) is 7.46. The number of ether oxygens (including phenoxy) is 6. The van der Waals surface area contributed by atoms with Crippen LogP contribution in [0.4, 0.5) is 0 Å². The highest BCUT2D eigenvalue weighted by Crippen LogP contribution is 2.45. The maximum atomic E-state index is 12.5. The Balaban J connectivity index is 0.000000136. The van der Waals surface area contributed by atoms with E-state index in [1.54, 1.807) is 0 Å². The number of methoxy groups -OCH3 is 2. The number of imidazole rings is 2. The summed E-state index contributed by atoms with van der Waals surface area (Å²) in [6, 6.07) is 28.1. The molecule has 0 spiro atoms. The summed E-state index contributed by atoms with van der Waals surface area (Å²) in [7, 11) is 2.77. The molecule has 0 amide bonds. The van der Waals surface area contributed by atoms with E-state index < -0.39 is 11.9 Å². The summed E-state index contributed by atoms with van der Waals surface area (Å²) in [6.45, 7) is 4.28. The Morgan fingerprint density at radius 2 is 1.15 bits per heavy atom. The standard InChI is InChI=1S/2C23H19N3O4/c1-12-24-21(23(27)28-2)17-10-15-14-5-3-4-6-16(14)25-20(15)22(26(12)17)13-7-8-18-19(9-13)30-11-29-18;1-12-20(23(27)28-2)25-19-10-15-14-5-3-4-6-16(14)24-21(15)22(26(12)19)13-7-8-17-18(9-13)30-11-29-17/h3-9,22,25H,10-11H2,1-2H3;3-9,22,24H,10-11H2,1-2H3/t2*22-/m11/s1. The molecule has 2 atom stereocenters. The van der Waals surface area contributed by atoms with Crippen molar-refractivity contribution in [1.29, 1.82) is 0 Å². The van der Waals surface area contributed by atoms with Crippen molar-refractivity contribution in [2.75, 3.05) is 27.8 Å². The second-order valence-corrected chi connectivity index (χ2v) is 15.1. The van der Waals surface area contributed by atoms with Gasteiger partial charge in [-0.1, -0.05) is 48.5 Å². The molecule has 60 heavy (non-hydrogen) atoms. The molecule has 2 N–H and O–H groups in total. The summed E-state index contributed by atoms with van der Waals surface area (Å²) in [6.07, 6.45) is 1.24. The van der Waals surface area contributed by atoms with Crippen LogP contribution in [0.25, 0.3) is 21.8 Å². The first-order valence-corrected chi connectivity index (χ1v) is 19.6. The number of aromatic amines is 2. The van der Waals surface area contributed by atoms with Crippen molar-refractivity contribution in [2.24, 2.45) is 0 Å². The molecule has 4 aromatic heterocycles. The number of hydrogen-bond acceptors (Lipinski definition) is 10. The molecule has 300 valence electrons. The molecule has 0 bridgehead atoms. The van der Waals surface area contributed by atoms with Gasteiger partial charge in [-0.3, -0.25) is 0 Å². The lowest BCUT2D eigenvalue weighted by Crippen LogP contribution is -2.23. The molecule has 14 heteroatoms. The van der Waals surface area contributed by atoms with Gasteiger partial charge in [-0.05, 0) is 72.5 Å². The first-order valence-electron chi connectivity index (χ1n) is 19.6. The van der Waals surface area contributed by atoms with Gasteiger partial charge < -0.3 is 47.5 Å². The maximum absolute atomic E-state index is 12.5. The molecule has 0 radical (unpaired) electrons. The number of rotatable bonds is 4. The van der Waals surface area contributed by atoms with E-state index in [0.29, 0.717) is 24.2 Å². The summed E-state index contributed by atoms with van der Waals surface area (Å²) >= 11 is 0. The number of carbonyl (C=O) groups excluding carboxylic acids is 2. The highest BCUT2D eigenvalue weighted by molar-refractivity contribution is 5.91. The second kappa shape index (κ2) is 13.5. The Bertz CT molecular complexity index is 3010. The largest absolute Gasteiger partial charge is 0.464 e. The molecule has 8 heterocycles. The molecular weight excluding hydrogens is 765 g/mol. The van der Waals surface area contributed by atoms with Gasteiger partial charge >= 0.3 is 11.9 Å². The normalized spacial score (nSPS) is 16.4. The van der Waals surface area contributed by atoms with Gasteiger partial charge in [0.2, 0.25) is 13.6 Å². The summed E-state index contributed by atoms with van der Waals surface area (Å²) < 4.78 is 36.5. The van der Waals surface area contributed by atoms with Gasteiger partial charge in [0.1, 0.15) is 23.7 Å². The van der Waals surface area contributed by atoms with E-state index in [9.17, 15) is 9.59 Å². The minimum absolute atomic E-state index is 0.170. The average molecular weight is 803 g/mol. The number of fused-ring (bicyclic) bond motifs is 10. The zero-order valence-corrected chi connectivity index (χ0v) is 33.1. The predicted molar refractivity (Wildman–Crippen MR) is 218 cm³/mol. The van der Waals surface area contributed by atoms with E-state index in [1.165, 1.54) is 30.7 Å². The highest BCUT2D eigenvalue weighted by Gasteiger charge is 2.37. The first-order chi connectivity index (χ1) is 29.3. The lowest BCUT2D eigenvalue weighted by Gasteiger charge is -2.28. The molecule has 4 aromatic carbocycles. The Morgan fingerprint density at radius 3 is 1.73 bits per heavy atom. The molecular formula is C46H38N6O8. The van der Waals surface area contributed by atoms with Gasteiger partial charge in [0.25, 0.3) is 0 Å². The van der Waals surface area contributed by atoms with Crippen molar-refractivity contribution in [2.45, 2.75) is 38.8 Å². The number of para-hydroxylation sites is 2. The molecule has 0 aliphatic carbocycles. The maximum Gasteiger partial charge on any atom is 0.358 e. The summed E-state index contributed by atoms with van der Waals surface area (Å²) in [4.78, 5) is 41.3. The fraction of sp³-hybridized carbons (Fsp3) is 0.217. The number of benzene rings is 4. The van der Waals surface area contributed by atoms with Crippen molar-refractivity contribution < 1.29 is 38.0 Å². The number of aromatic nitrogens is 6. The van der Waals surface area contributed by atoms with E-state index in [4.69, 9.17) is 28.4 Å². The summed E-state index contributed by atoms with van der Waals surface area (Å²) in [5.74, 6) is 3.69. The van der Waals surface area contributed by atoms with Crippen LogP contribution in [0.15, 0.2) is 84.9 Å². The monoisotopic (exact) mass is 802 g/mol. The first kappa shape index (κ1) is 35.7. The van der Waals surface area contributed by atoms with E-state index in [1.807, 2.05) is 74.5 Å². The molecule has 8 aromatic rings. The van der Waals surface area contributed by atoms with Gasteiger partial charge in [-0.25, -0.2) is 19.6 Å². The molecule has 4 aliphatic heterocycles. The van der Waals surface area contributed by atoms with Crippen LogP contribution in [-0.4, -0.2) is 68.8 Å². The minimum atomic E-state index is -0.424. The van der Waals surface area contributed by atoms with Crippen LogP contribution in [0.5, 0.6) is 23.0 Å². The third-order valence-corrected chi connectivity index (χ3v) is 12.0. The van der Waals surface area contributed by atoms with Crippen LogP contribution in [0.2, 0.25) is 0 Å². The molecule has 12 rings (SSSR count). The van der Waals surface area contributed by atoms with Gasteiger partial charge in [-0.15, -0.1) is 0 Å². The van der Waals surface area contributed by atoms with Gasteiger partial charge in [0, 0.05) is 46.0 Å². The lowest BCUT2D eigenvalue weighted by atomic mass is 9.92. The van der Waals surface area contributed by atoms with E-state index >= 15 is 0 Å². The van der Waals surface area contributed by atoms with Crippen molar-refractivity contribution >= 4 is 33.7 Å². The van der Waals surface area contributed by atoms with Crippen molar-refractivity contribution in [3.8, 4) is 23.0 Å². The van der Waals surface area contributed by atoms with Gasteiger partial charge in [-0.2, -0.15) is 0 Å². The zero-order chi connectivity index (χ0) is 40.8. The van der Waals surface area contributed by atoms with Crippen molar-refractivity contribution in [3.63, 3.8) is 0 Å². The summed E-state index contributed by atoms with van der Waals surface area (Å²) in [5, 5.41) is 2.32. The Kier molecular flexibility index (Phi) is 8.05. The van der Waals surface area contributed by atoms with Crippen molar-refractivity contribution in [1.82, 2.24) is 29.1 Å². The fourth-order valence-corrected chi connectivity index (χ4v) is 9.36. The fourth-order valence-electron chi connectivity index (χ4n) is 9.36. The smallest absolute Gasteiger partial charge is 0.358 e. The molecule has 0 saturated heterocycles. The molecule has 0 unspecified atom stereocenters. The average Bonchev–Trinajstić information content (AvgIpc) is 4.15. The SMILES string of the molecule is COC(=O)c1nc(C)n2c1Cc1c([nH]c3ccccc13)[C@H]2c1ccc2c(c1)OCO2.COC(=O)c1nc2n(c1C)[C@H](c1ccc3c(c1)OCO3)c1[nH]c3ccccc3c1C2. The molecule has 4 aliphatic rings. The van der Waals surface area contributed by atoms with Crippen molar-refractivity contribution in [3.05, 3.63) is 153 Å². The zero-order valence-electron chi connectivity index (χ0n) is 33.1. The number of carbonyl (C=O) groups is 2.